The molecule has 0 unspecified atom stereocenters. The maximum Gasteiger partial charge on any atom is 0.260 e. The molecule has 0 fully saturated rings. The molecule has 1 atom stereocenters. The molecular formula is C25H21N3O4. The highest BCUT2D eigenvalue weighted by Crippen LogP contribution is 2.45. The van der Waals surface area contributed by atoms with Gasteiger partial charge < -0.3 is 15.3 Å². The lowest BCUT2D eigenvalue weighted by Crippen LogP contribution is -2.48. The van der Waals surface area contributed by atoms with Crippen molar-refractivity contribution in [3.8, 4) is 5.75 Å². The van der Waals surface area contributed by atoms with Crippen LogP contribution in [0.2, 0.25) is 0 Å². The van der Waals surface area contributed by atoms with E-state index >= 15 is 0 Å². The number of rotatable bonds is 5. The van der Waals surface area contributed by atoms with Crippen LogP contribution in [0.25, 0.3) is 0 Å². The van der Waals surface area contributed by atoms with Crippen LogP contribution in [-0.4, -0.2) is 34.3 Å². The highest BCUT2D eigenvalue weighted by Gasteiger charge is 2.47. The van der Waals surface area contributed by atoms with Crippen LogP contribution in [0.5, 0.6) is 5.75 Å². The molecule has 3 aromatic rings. The Hall–Kier alpha value is -4.13. The van der Waals surface area contributed by atoms with Gasteiger partial charge >= 0.3 is 0 Å². The van der Waals surface area contributed by atoms with E-state index in [4.69, 9.17) is 0 Å². The second-order valence-corrected chi connectivity index (χ2v) is 7.82. The minimum absolute atomic E-state index is 0.000354. The summed E-state index contributed by atoms with van der Waals surface area (Å²) in [6, 6.07) is 21.0. The molecule has 0 spiro atoms. The number of fused-ring (bicyclic) bond motifs is 5. The van der Waals surface area contributed by atoms with E-state index in [9.17, 15) is 19.5 Å². The van der Waals surface area contributed by atoms with Crippen molar-refractivity contribution in [2.24, 2.45) is 0 Å². The highest BCUT2D eigenvalue weighted by atomic mass is 16.3. The van der Waals surface area contributed by atoms with E-state index in [0.717, 1.165) is 5.56 Å². The smallest absolute Gasteiger partial charge is 0.260 e. The Morgan fingerprint density at radius 1 is 0.875 bits per heavy atom. The first-order chi connectivity index (χ1) is 15.6. The summed E-state index contributed by atoms with van der Waals surface area (Å²) >= 11 is 0. The van der Waals surface area contributed by atoms with Crippen molar-refractivity contribution < 1.29 is 19.5 Å². The molecular weight excluding hydrogens is 406 g/mol. The summed E-state index contributed by atoms with van der Waals surface area (Å²) in [5.41, 5.74) is 2.81. The topological polar surface area (TPSA) is 90.0 Å². The van der Waals surface area contributed by atoms with Crippen molar-refractivity contribution >= 4 is 29.1 Å². The molecule has 2 aliphatic rings. The molecule has 7 nitrogen and oxygen atoms in total. The number of carbonyl (C=O) groups excluding carboxylic acids is 3. The van der Waals surface area contributed by atoms with E-state index in [1.807, 2.05) is 24.3 Å². The second-order valence-electron chi connectivity index (χ2n) is 7.82. The van der Waals surface area contributed by atoms with Crippen molar-refractivity contribution in [2.75, 3.05) is 16.8 Å². The van der Waals surface area contributed by atoms with Gasteiger partial charge in [0.05, 0.1) is 16.9 Å². The van der Waals surface area contributed by atoms with Gasteiger partial charge in [-0.3, -0.25) is 19.3 Å². The summed E-state index contributed by atoms with van der Waals surface area (Å²) in [6.45, 7) is 0.310. The molecule has 0 aliphatic carbocycles. The average Bonchev–Trinajstić information content (AvgIpc) is 3.10. The normalized spacial score (nSPS) is 16.4. The van der Waals surface area contributed by atoms with Crippen LogP contribution < -0.4 is 10.2 Å². The van der Waals surface area contributed by atoms with Crippen molar-refractivity contribution in [1.29, 1.82) is 0 Å². The number of phenolic OH excluding ortho intramolecular Hbond substituents is 1. The molecule has 2 N–H and O–H groups in total. The third kappa shape index (κ3) is 3.19. The number of para-hydroxylation sites is 3. The number of benzene rings is 3. The van der Waals surface area contributed by atoms with Crippen molar-refractivity contribution in [3.63, 3.8) is 0 Å². The Labute approximate surface area is 184 Å². The van der Waals surface area contributed by atoms with Crippen LogP contribution in [0.15, 0.2) is 72.8 Å². The fourth-order valence-electron chi connectivity index (χ4n) is 4.40. The summed E-state index contributed by atoms with van der Waals surface area (Å²) in [5.74, 6) is -0.545. The summed E-state index contributed by atoms with van der Waals surface area (Å²) in [7, 11) is 0. The fraction of sp³-hybridized carbons (Fsp3) is 0.160. The monoisotopic (exact) mass is 427 g/mol. The molecule has 0 bridgehead atoms. The van der Waals surface area contributed by atoms with E-state index in [1.54, 1.807) is 52.3 Å². The summed E-state index contributed by atoms with van der Waals surface area (Å²) in [4.78, 5) is 42.2. The zero-order valence-corrected chi connectivity index (χ0v) is 17.2. The molecule has 3 aromatic carbocycles. The standard InChI is InChI=1S/C25H21N3O4/c29-21-13-6-4-11-19(21)26-22(30)14-7-15-27-23-16-8-1-2-9-17(16)25(32)28(23)20-12-5-3-10-18(20)24(27)31/h1-6,8-13,23,29H,7,14-15H2,(H,26,30)/t23-/m0/s1. The first-order valence-electron chi connectivity index (χ1n) is 10.5. The minimum atomic E-state index is -0.526. The predicted molar refractivity (Wildman–Crippen MR) is 119 cm³/mol. The maximum absolute atomic E-state index is 13.3. The SMILES string of the molecule is O=C(CCCN1C(=O)c2ccccc2N2C(=O)c3ccccc3[C@@H]12)Nc1ccccc1O. The van der Waals surface area contributed by atoms with Crippen LogP contribution in [0.3, 0.4) is 0 Å². The zero-order chi connectivity index (χ0) is 22.2. The van der Waals surface area contributed by atoms with Crippen LogP contribution in [0.4, 0.5) is 11.4 Å². The summed E-state index contributed by atoms with van der Waals surface area (Å²) in [5, 5.41) is 12.5. The minimum Gasteiger partial charge on any atom is -0.506 e. The molecule has 32 heavy (non-hydrogen) atoms. The Balaban J connectivity index is 1.38. The van der Waals surface area contributed by atoms with Gasteiger partial charge in [0.25, 0.3) is 11.8 Å². The van der Waals surface area contributed by atoms with Gasteiger partial charge in [-0.15, -0.1) is 0 Å². The molecule has 3 amide bonds. The van der Waals surface area contributed by atoms with Gasteiger partial charge in [0.2, 0.25) is 5.91 Å². The largest absolute Gasteiger partial charge is 0.506 e. The van der Waals surface area contributed by atoms with Crippen molar-refractivity contribution in [1.82, 2.24) is 4.90 Å². The molecule has 160 valence electrons. The van der Waals surface area contributed by atoms with Gasteiger partial charge in [0.1, 0.15) is 11.9 Å². The Bertz CT molecular complexity index is 1240. The number of nitrogens with one attached hydrogen (secondary N) is 1. The van der Waals surface area contributed by atoms with E-state index in [0.29, 0.717) is 35.5 Å². The van der Waals surface area contributed by atoms with Crippen LogP contribution in [0, 0.1) is 0 Å². The van der Waals surface area contributed by atoms with Gasteiger partial charge in [-0.1, -0.05) is 42.5 Å². The number of aromatic hydroxyl groups is 1. The first kappa shape index (κ1) is 19.8. The number of hydrogen-bond acceptors (Lipinski definition) is 4. The third-order valence-corrected chi connectivity index (χ3v) is 5.86. The van der Waals surface area contributed by atoms with Crippen LogP contribution in [0.1, 0.15) is 45.3 Å². The third-order valence-electron chi connectivity index (χ3n) is 5.86. The molecule has 0 saturated carbocycles. The van der Waals surface area contributed by atoms with Crippen LogP contribution in [-0.2, 0) is 4.79 Å². The first-order valence-corrected chi connectivity index (χ1v) is 10.5. The lowest BCUT2D eigenvalue weighted by Gasteiger charge is -2.41. The van der Waals surface area contributed by atoms with Gasteiger partial charge in [-0.25, -0.2) is 0 Å². The Morgan fingerprint density at radius 2 is 1.56 bits per heavy atom. The van der Waals surface area contributed by atoms with Crippen LogP contribution >= 0.6 is 0 Å². The second kappa shape index (κ2) is 7.85. The highest BCUT2D eigenvalue weighted by molar-refractivity contribution is 6.16. The number of anilines is 2. The van der Waals surface area contributed by atoms with E-state index in [-0.39, 0.29) is 29.9 Å². The molecule has 2 heterocycles. The summed E-state index contributed by atoms with van der Waals surface area (Å²) in [6.07, 6.45) is 0.0539. The van der Waals surface area contributed by atoms with E-state index < -0.39 is 6.17 Å². The zero-order valence-electron chi connectivity index (χ0n) is 17.2. The van der Waals surface area contributed by atoms with Crippen molar-refractivity contribution in [3.05, 3.63) is 89.5 Å². The van der Waals surface area contributed by atoms with Gasteiger partial charge in [0, 0.05) is 24.1 Å². The molecule has 0 radical (unpaired) electrons. The lowest BCUT2D eigenvalue weighted by molar-refractivity contribution is -0.116. The van der Waals surface area contributed by atoms with Gasteiger partial charge in [-0.05, 0) is 36.8 Å². The summed E-state index contributed by atoms with van der Waals surface area (Å²) < 4.78 is 0. The van der Waals surface area contributed by atoms with Gasteiger partial charge in [-0.2, -0.15) is 0 Å². The lowest BCUT2D eigenvalue weighted by atomic mass is 10.0. The number of hydrogen-bond donors (Lipinski definition) is 2. The quantitative estimate of drug-likeness (QED) is 0.604. The van der Waals surface area contributed by atoms with E-state index in [2.05, 4.69) is 5.32 Å². The Morgan fingerprint density at radius 3 is 2.38 bits per heavy atom. The van der Waals surface area contributed by atoms with E-state index in [1.165, 1.54) is 6.07 Å². The number of phenols is 1. The predicted octanol–water partition coefficient (Wildman–Crippen LogP) is 3.93. The number of amides is 3. The molecule has 0 aromatic heterocycles. The Kier molecular flexibility index (Phi) is 4.86. The molecule has 5 rings (SSSR count). The fourth-order valence-corrected chi connectivity index (χ4v) is 4.40. The molecule has 7 heteroatoms. The maximum atomic E-state index is 13.3. The molecule has 2 aliphatic heterocycles. The molecule has 0 saturated heterocycles. The number of nitrogens with zero attached hydrogens (tertiary/aromatic N) is 2. The average molecular weight is 427 g/mol. The van der Waals surface area contributed by atoms with Crippen molar-refractivity contribution in [2.45, 2.75) is 19.0 Å². The number of carbonyl (C=O) groups is 3. The van der Waals surface area contributed by atoms with Gasteiger partial charge in [0.15, 0.2) is 0 Å².